The van der Waals surface area contributed by atoms with E-state index in [4.69, 9.17) is 0 Å². The summed E-state index contributed by atoms with van der Waals surface area (Å²) in [5.74, 6) is -0.0590. The summed E-state index contributed by atoms with van der Waals surface area (Å²) in [7, 11) is 1.35. The van der Waals surface area contributed by atoms with Crippen LogP contribution in [-0.2, 0) is 4.79 Å². The summed E-state index contributed by atoms with van der Waals surface area (Å²) in [6.45, 7) is 1.49. The van der Waals surface area contributed by atoms with Gasteiger partial charge in [0.2, 0.25) is 5.91 Å². The van der Waals surface area contributed by atoms with Gasteiger partial charge in [-0.15, -0.1) is 11.7 Å². The van der Waals surface area contributed by atoms with E-state index < -0.39 is 0 Å². The zero-order chi connectivity index (χ0) is 8.97. The van der Waals surface area contributed by atoms with Gasteiger partial charge in [-0.05, 0) is 18.2 Å². The Labute approximate surface area is 80.6 Å². The van der Waals surface area contributed by atoms with Crippen LogP contribution in [0.5, 0.6) is 0 Å². The lowest BCUT2D eigenvalue weighted by Gasteiger charge is -2.02. The molecule has 0 fully saturated rings. The minimum atomic E-state index is -0.0590. The molecule has 0 saturated heterocycles. The zero-order valence-electron chi connectivity index (χ0n) is 6.57. The molecule has 0 radical (unpaired) electrons. The van der Waals surface area contributed by atoms with Gasteiger partial charge in [0.25, 0.3) is 0 Å². The number of carbonyl (C=O) groups excluding carboxylic acids is 1. The van der Waals surface area contributed by atoms with E-state index in [2.05, 4.69) is 17.0 Å². The van der Waals surface area contributed by atoms with Crippen LogP contribution in [0.2, 0.25) is 0 Å². The lowest BCUT2D eigenvalue weighted by Crippen LogP contribution is -2.05. The van der Waals surface area contributed by atoms with Crippen molar-refractivity contribution in [3.05, 3.63) is 24.3 Å². The van der Waals surface area contributed by atoms with Crippen LogP contribution in [0.25, 0.3) is 0 Å². The third-order valence-electron chi connectivity index (χ3n) is 1.26. The van der Waals surface area contributed by atoms with E-state index in [1.807, 2.05) is 24.3 Å². The molecular weight excluding hydrogens is 190 g/mol. The molecule has 0 saturated carbocycles. The Balaban J connectivity index is 2.79. The quantitative estimate of drug-likeness (QED) is 0.566. The number of amides is 1. The maximum Gasteiger partial charge on any atom is 0.221 e. The molecule has 0 spiro atoms. The van der Waals surface area contributed by atoms with Crippen molar-refractivity contribution in [2.75, 3.05) is 5.32 Å². The summed E-state index contributed by atoms with van der Waals surface area (Å²) in [5.41, 5.74) is 0.807. The molecule has 0 heterocycles. The highest BCUT2D eigenvalue weighted by molar-refractivity contribution is 8.68. The number of nitrogens with one attached hydrogen (secondary N) is 1. The maximum atomic E-state index is 10.7. The number of benzene rings is 1. The SMILES string of the molecule is CC(=O)Nc1cccc(SS)c1. The van der Waals surface area contributed by atoms with Gasteiger partial charge in [-0.25, -0.2) is 0 Å². The number of rotatable bonds is 2. The molecule has 0 unspecified atom stereocenters. The Morgan fingerprint density at radius 1 is 1.58 bits per heavy atom. The molecule has 1 N–H and O–H groups in total. The second-order valence-corrected chi connectivity index (χ2v) is 3.50. The van der Waals surface area contributed by atoms with Crippen LogP contribution in [0.15, 0.2) is 29.2 Å². The fourth-order valence-corrected chi connectivity index (χ4v) is 1.49. The van der Waals surface area contributed by atoms with E-state index in [0.29, 0.717) is 0 Å². The van der Waals surface area contributed by atoms with E-state index in [0.717, 1.165) is 10.6 Å². The molecule has 1 aromatic carbocycles. The first-order valence-corrected chi connectivity index (χ1v) is 5.28. The van der Waals surface area contributed by atoms with Crippen molar-refractivity contribution in [1.29, 1.82) is 0 Å². The molecule has 0 bridgehead atoms. The predicted molar refractivity (Wildman–Crippen MR) is 55.6 cm³/mol. The first-order valence-electron chi connectivity index (χ1n) is 3.41. The second-order valence-electron chi connectivity index (χ2n) is 2.30. The van der Waals surface area contributed by atoms with Gasteiger partial charge in [0.1, 0.15) is 0 Å². The van der Waals surface area contributed by atoms with Gasteiger partial charge in [0, 0.05) is 17.5 Å². The Morgan fingerprint density at radius 3 is 2.92 bits per heavy atom. The van der Waals surface area contributed by atoms with Crippen LogP contribution >= 0.6 is 22.5 Å². The van der Waals surface area contributed by atoms with Crippen LogP contribution in [-0.4, -0.2) is 5.91 Å². The molecule has 0 aromatic heterocycles. The van der Waals surface area contributed by atoms with Gasteiger partial charge in [-0.2, -0.15) is 0 Å². The molecule has 64 valence electrons. The average molecular weight is 199 g/mol. The first-order chi connectivity index (χ1) is 5.72. The third-order valence-corrected chi connectivity index (χ3v) is 2.36. The normalized spacial score (nSPS) is 9.50. The van der Waals surface area contributed by atoms with Crippen molar-refractivity contribution in [1.82, 2.24) is 0 Å². The van der Waals surface area contributed by atoms with Gasteiger partial charge in [-0.3, -0.25) is 4.79 Å². The Hall–Kier alpha value is -0.610. The van der Waals surface area contributed by atoms with E-state index >= 15 is 0 Å². The van der Waals surface area contributed by atoms with Crippen molar-refractivity contribution in [2.24, 2.45) is 0 Å². The first kappa shape index (κ1) is 9.48. The summed E-state index contributed by atoms with van der Waals surface area (Å²) < 4.78 is 0. The molecule has 1 aromatic rings. The smallest absolute Gasteiger partial charge is 0.221 e. The van der Waals surface area contributed by atoms with Crippen LogP contribution in [0.3, 0.4) is 0 Å². The molecule has 0 aliphatic rings. The van der Waals surface area contributed by atoms with Gasteiger partial charge in [-0.1, -0.05) is 16.9 Å². The van der Waals surface area contributed by atoms with Crippen LogP contribution in [0.4, 0.5) is 5.69 Å². The molecule has 4 heteroatoms. The maximum absolute atomic E-state index is 10.7. The molecule has 0 atom stereocenters. The third kappa shape index (κ3) is 2.79. The standard InChI is InChI=1S/C8H9NOS2/c1-6(10)9-7-3-2-4-8(5-7)12-11/h2-5,11H,1H3,(H,9,10). The predicted octanol–water partition coefficient (Wildman–Crippen LogP) is 2.58. The molecular formula is C8H9NOS2. The summed E-state index contributed by atoms with van der Waals surface area (Å²) in [4.78, 5) is 11.7. The lowest BCUT2D eigenvalue weighted by atomic mass is 10.3. The van der Waals surface area contributed by atoms with Gasteiger partial charge >= 0.3 is 0 Å². The molecule has 2 nitrogen and oxygen atoms in total. The van der Waals surface area contributed by atoms with Crippen molar-refractivity contribution in [2.45, 2.75) is 11.8 Å². The average Bonchev–Trinajstić information content (AvgIpc) is 2.03. The summed E-state index contributed by atoms with van der Waals surface area (Å²) >= 11 is 4.05. The lowest BCUT2D eigenvalue weighted by molar-refractivity contribution is -0.114. The van der Waals surface area contributed by atoms with Gasteiger partial charge < -0.3 is 5.32 Å². The Bertz CT molecular complexity index is 288. The molecule has 1 rings (SSSR count). The van der Waals surface area contributed by atoms with Crippen LogP contribution in [0, 0.1) is 0 Å². The highest BCUT2D eigenvalue weighted by Gasteiger charge is 1.95. The zero-order valence-corrected chi connectivity index (χ0v) is 8.28. The van der Waals surface area contributed by atoms with E-state index in [1.54, 1.807) is 0 Å². The summed E-state index contributed by atoms with van der Waals surface area (Å²) in [6, 6.07) is 7.53. The summed E-state index contributed by atoms with van der Waals surface area (Å²) in [6.07, 6.45) is 0. The molecule has 0 aliphatic heterocycles. The number of carbonyl (C=O) groups is 1. The van der Waals surface area contributed by atoms with E-state index in [-0.39, 0.29) is 5.91 Å². The van der Waals surface area contributed by atoms with Crippen LogP contribution in [0.1, 0.15) is 6.92 Å². The highest BCUT2D eigenvalue weighted by Crippen LogP contribution is 2.23. The van der Waals surface area contributed by atoms with Gasteiger partial charge in [0.15, 0.2) is 0 Å². The number of thiol groups is 1. The minimum absolute atomic E-state index is 0.0590. The Kier molecular flexibility index (Phi) is 3.49. The van der Waals surface area contributed by atoms with Crippen molar-refractivity contribution in [3.8, 4) is 0 Å². The molecule has 1 amide bonds. The minimum Gasteiger partial charge on any atom is -0.326 e. The highest BCUT2D eigenvalue weighted by atomic mass is 33.1. The largest absolute Gasteiger partial charge is 0.326 e. The Morgan fingerprint density at radius 2 is 2.33 bits per heavy atom. The van der Waals surface area contributed by atoms with Crippen LogP contribution < -0.4 is 5.32 Å². The fraction of sp³-hybridized carbons (Fsp3) is 0.125. The number of anilines is 1. The van der Waals surface area contributed by atoms with Crippen molar-refractivity contribution >= 4 is 34.0 Å². The topological polar surface area (TPSA) is 29.1 Å². The summed E-state index contributed by atoms with van der Waals surface area (Å²) in [5, 5.41) is 2.69. The fourth-order valence-electron chi connectivity index (χ4n) is 0.834. The van der Waals surface area contributed by atoms with E-state index in [9.17, 15) is 4.79 Å². The molecule has 12 heavy (non-hydrogen) atoms. The number of hydrogen-bond donors (Lipinski definition) is 2. The van der Waals surface area contributed by atoms with Gasteiger partial charge in [0.05, 0.1) is 0 Å². The van der Waals surface area contributed by atoms with E-state index in [1.165, 1.54) is 17.7 Å². The molecule has 0 aliphatic carbocycles. The van der Waals surface area contributed by atoms with Crippen molar-refractivity contribution < 1.29 is 4.79 Å². The second kappa shape index (κ2) is 4.42. The number of hydrogen-bond acceptors (Lipinski definition) is 3. The monoisotopic (exact) mass is 199 g/mol. The van der Waals surface area contributed by atoms with Crippen molar-refractivity contribution in [3.63, 3.8) is 0 Å².